The number of anilines is 1. The number of para-hydroxylation sites is 1. The molecule has 1 saturated heterocycles. The van der Waals surface area contributed by atoms with Crippen molar-refractivity contribution in [1.82, 2.24) is 20.0 Å². The molecule has 34 heavy (non-hydrogen) atoms. The van der Waals surface area contributed by atoms with Gasteiger partial charge < -0.3 is 10.1 Å². The third-order valence-electron chi connectivity index (χ3n) is 6.36. The molecule has 1 unspecified atom stereocenters. The Hall–Kier alpha value is -3.68. The second kappa shape index (κ2) is 10.1. The van der Waals surface area contributed by atoms with Crippen LogP contribution in [0.15, 0.2) is 84.9 Å². The van der Waals surface area contributed by atoms with Gasteiger partial charge in [-0.3, -0.25) is 10.2 Å². The van der Waals surface area contributed by atoms with E-state index in [2.05, 4.69) is 39.8 Å². The van der Waals surface area contributed by atoms with Crippen molar-refractivity contribution in [1.29, 1.82) is 0 Å². The molecule has 0 aliphatic carbocycles. The zero-order valence-corrected chi connectivity index (χ0v) is 19.2. The lowest BCUT2D eigenvalue weighted by atomic mass is 9.94. The third-order valence-corrected chi connectivity index (χ3v) is 6.36. The van der Waals surface area contributed by atoms with Gasteiger partial charge in [0.05, 0.1) is 23.9 Å². The fourth-order valence-corrected chi connectivity index (χ4v) is 4.69. The molecular formula is C27H29N5O2. The molecule has 3 aromatic carbocycles. The minimum atomic E-state index is -0.234. The highest BCUT2D eigenvalue weighted by molar-refractivity contribution is 6.00. The van der Waals surface area contributed by atoms with Crippen molar-refractivity contribution in [2.24, 2.45) is 0 Å². The van der Waals surface area contributed by atoms with Crippen molar-refractivity contribution in [3.63, 3.8) is 0 Å². The number of carbonyl (C=O) groups excluding carboxylic acids is 1. The summed E-state index contributed by atoms with van der Waals surface area (Å²) in [5.74, 6) is 0.865. The molecule has 2 atom stereocenters. The molecule has 1 aromatic heterocycles. The number of benzene rings is 3. The average Bonchev–Trinajstić information content (AvgIpc) is 3.45. The van der Waals surface area contributed by atoms with Crippen LogP contribution in [0.2, 0.25) is 0 Å². The molecular weight excluding hydrogens is 426 g/mol. The van der Waals surface area contributed by atoms with Crippen LogP contribution in [0.25, 0.3) is 16.6 Å². The number of aromatic nitrogens is 2. The summed E-state index contributed by atoms with van der Waals surface area (Å²) in [5, 5.41) is 12.0. The highest BCUT2D eigenvalue weighted by Crippen LogP contribution is 2.29. The maximum Gasteiger partial charge on any atom is 0.320 e. The Bertz CT molecular complexity index is 1240. The lowest BCUT2D eigenvalue weighted by Crippen LogP contribution is -2.42. The SMILES string of the molecule is COCCN1CC(c2ccccc2)[C@H](NC(=O)Nc2c3ccccc3nn2-c2ccccc2)C1. The Morgan fingerprint density at radius 3 is 2.44 bits per heavy atom. The van der Waals surface area contributed by atoms with Crippen LogP contribution in [0, 0.1) is 0 Å². The Kier molecular flexibility index (Phi) is 6.56. The van der Waals surface area contributed by atoms with E-state index in [9.17, 15) is 4.79 Å². The van der Waals surface area contributed by atoms with Crippen LogP contribution in [0.3, 0.4) is 0 Å². The molecule has 1 aliphatic rings. The van der Waals surface area contributed by atoms with Gasteiger partial charge in [0.25, 0.3) is 0 Å². The minimum absolute atomic E-state index is 0.0152. The smallest absolute Gasteiger partial charge is 0.320 e. The summed E-state index contributed by atoms with van der Waals surface area (Å²) in [6.45, 7) is 3.16. The van der Waals surface area contributed by atoms with E-state index in [0.717, 1.165) is 36.2 Å². The molecule has 2 amide bonds. The summed E-state index contributed by atoms with van der Waals surface area (Å²) >= 11 is 0. The number of nitrogens with one attached hydrogen (secondary N) is 2. The molecule has 0 saturated carbocycles. The molecule has 1 fully saturated rings. The van der Waals surface area contributed by atoms with Crippen molar-refractivity contribution in [3.05, 3.63) is 90.5 Å². The quantitative estimate of drug-likeness (QED) is 0.437. The van der Waals surface area contributed by atoms with Crippen LogP contribution in [0.1, 0.15) is 11.5 Å². The minimum Gasteiger partial charge on any atom is -0.383 e. The maximum absolute atomic E-state index is 13.3. The van der Waals surface area contributed by atoms with Gasteiger partial charge in [0, 0.05) is 38.0 Å². The number of nitrogens with zero attached hydrogens (tertiary/aromatic N) is 3. The van der Waals surface area contributed by atoms with E-state index >= 15 is 0 Å². The standard InChI is InChI=1S/C27H29N5O2/c1-34-17-16-31-18-23(20-10-4-2-5-11-20)25(19-31)28-27(33)29-26-22-14-8-9-15-24(22)30-32(26)21-12-6-3-7-13-21/h2-15,23,25H,16-19H2,1H3,(H2,28,29,33)/t23?,25-/m1/s1. The topological polar surface area (TPSA) is 71.4 Å². The predicted molar refractivity (Wildman–Crippen MR) is 135 cm³/mol. The van der Waals surface area contributed by atoms with Crippen LogP contribution in [-0.4, -0.2) is 60.1 Å². The Balaban J connectivity index is 1.39. The Morgan fingerprint density at radius 2 is 1.68 bits per heavy atom. The number of methoxy groups -OCH3 is 1. The molecule has 5 rings (SSSR count). The zero-order valence-electron chi connectivity index (χ0n) is 19.2. The van der Waals surface area contributed by atoms with Crippen molar-refractivity contribution >= 4 is 22.8 Å². The van der Waals surface area contributed by atoms with Gasteiger partial charge in [-0.15, -0.1) is 0 Å². The Labute approximate surface area is 199 Å². The fraction of sp³-hybridized carbons (Fsp3) is 0.259. The highest BCUT2D eigenvalue weighted by atomic mass is 16.5. The number of carbonyl (C=O) groups is 1. The van der Waals surface area contributed by atoms with E-state index in [-0.39, 0.29) is 18.0 Å². The van der Waals surface area contributed by atoms with Crippen LogP contribution in [-0.2, 0) is 4.74 Å². The molecule has 1 aliphatic heterocycles. The first-order valence-corrected chi connectivity index (χ1v) is 11.6. The van der Waals surface area contributed by atoms with E-state index in [1.807, 2.05) is 60.7 Å². The first kappa shape index (κ1) is 22.1. The van der Waals surface area contributed by atoms with E-state index in [0.29, 0.717) is 12.4 Å². The monoisotopic (exact) mass is 455 g/mol. The van der Waals surface area contributed by atoms with Gasteiger partial charge in [0.2, 0.25) is 0 Å². The van der Waals surface area contributed by atoms with Crippen LogP contribution in [0.4, 0.5) is 10.6 Å². The molecule has 2 heterocycles. The number of fused-ring (bicyclic) bond motifs is 1. The van der Waals surface area contributed by atoms with Gasteiger partial charge >= 0.3 is 6.03 Å². The van der Waals surface area contributed by atoms with Crippen LogP contribution in [0.5, 0.6) is 0 Å². The van der Waals surface area contributed by atoms with E-state index in [1.165, 1.54) is 5.56 Å². The van der Waals surface area contributed by atoms with Crippen LogP contribution >= 0.6 is 0 Å². The largest absolute Gasteiger partial charge is 0.383 e. The van der Waals surface area contributed by atoms with Gasteiger partial charge in [-0.25, -0.2) is 9.48 Å². The zero-order chi connectivity index (χ0) is 23.3. The number of hydrogen-bond donors (Lipinski definition) is 2. The van der Waals surface area contributed by atoms with Gasteiger partial charge in [0.15, 0.2) is 0 Å². The van der Waals surface area contributed by atoms with Crippen molar-refractivity contribution < 1.29 is 9.53 Å². The molecule has 7 nitrogen and oxygen atoms in total. The number of hydrogen-bond acceptors (Lipinski definition) is 4. The second-order valence-corrected chi connectivity index (χ2v) is 8.59. The third kappa shape index (κ3) is 4.66. The average molecular weight is 456 g/mol. The van der Waals surface area contributed by atoms with Gasteiger partial charge in [-0.1, -0.05) is 60.7 Å². The number of rotatable bonds is 7. The van der Waals surface area contributed by atoms with Gasteiger partial charge in [-0.2, -0.15) is 5.10 Å². The van der Waals surface area contributed by atoms with Crippen molar-refractivity contribution in [2.45, 2.75) is 12.0 Å². The number of ether oxygens (including phenoxy) is 1. The maximum atomic E-state index is 13.3. The number of likely N-dealkylation sites (tertiary alicyclic amines) is 1. The summed E-state index contributed by atoms with van der Waals surface area (Å²) < 4.78 is 7.07. The number of amides is 2. The normalized spacial score (nSPS) is 18.3. The fourth-order valence-electron chi connectivity index (χ4n) is 4.69. The van der Waals surface area contributed by atoms with Crippen molar-refractivity contribution in [2.75, 3.05) is 38.7 Å². The molecule has 0 radical (unpaired) electrons. The predicted octanol–water partition coefficient (Wildman–Crippen LogP) is 4.26. The molecule has 174 valence electrons. The molecule has 7 heteroatoms. The second-order valence-electron chi connectivity index (χ2n) is 8.59. The summed E-state index contributed by atoms with van der Waals surface area (Å²) in [4.78, 5) is 15.6. The summed E-state index contributed by atoms with van der Waals surface area (Å²) in [6.07, 6.45) is 0. The molecule has 2 N–H and O–H groups in total. The van der Waals surface area contributed by atoms with Crippen molar-refractivity contribution in [3.8, 4) is 5.69 Å². The first-order chi connectivity index (χ1) is 16.7. The number of urea groups is 1. The van der Waals surface area contributed by atoms with E-state index < -0.39 is 0 Å². The highest BCUT2D eigenvalue weighted by Gasteiger charge is 2.34. The summed E-state index contributed by atoms with van der Waals surface area (Å²) in [7, 11) is 1.72. The molecule has 0 spiro atoms. The summed E-state index contributed by atoms with van der Waals surface area (Å²) in [6, 6.07) is 27.8. The van der Waals surface area contributed by atoms with E-state index in [4.69, 9.17) is 9.84 Å². The Morgan fingerprint density at radius 1 is 0.971 bits per heavy atom. The lowest BCUT2D eigenvalue weighted by Gasteiger charge is -2.21. The molecule has 4 aromatic rings. The lowest BCUT2D eigenvalue weighted by molar-refractivity contribution is 0.159. The first-order valence-electron chi connectivity index (χ1n) is 11.6. The van der Waals surface area contributed by atoms with Crippen LogP contribution < -0.4 is 10.6 Å². The van der Waals surface area contributed by atoms with E-state index in [1.54, 1.807) is 11.8 Å². The van der Waals surface area contributed by atoms with Gasteiger partial charge in [0.1, 0.15) is 5.82 Å². The molecule has 0 bridgehead atoms. The summed E-state index contributed by atoms with van der Waals surface area (Å²) in [5.41, 5.74) is 2.95. The van der Waals surface area contributed by atoms with Gasteiger partial charge in [-0.05, 0) is 29.8 Å².